The Hall–Kier alpha value is -3.68. The molecule has 0 spiro atoms. The van der Waals surface area contributed by atoms with Crippen molar-refractivity contribution in [2.45, 2.75) is 13.5 Å². The average Bonchev–Trinajstić information content (AvgIpc) is 3.11. The van der Waals surface area contributed by atoms with Crippen molar-refractivity contribution in [1.29, 1.82) is 0 Å². The minimum Gasteiger partial charge on any atom is -0.454 e. The zero-order valence-electron chi connectivity index (χ0n) is 14.5. The Morgan fingerprint density at radius 3 is 2.85 bits per heavy atom. The van der Waals surface area contributed by atoms with Crippen LogP contribution in [0.25, 0.3) is 11.3 Å². The van der Waals surface area contributed by atoms with E-state index in [1.54, 1.807) is 30.5 Å². The average molecular weight is 364 g/mol. The van der Waals surface area contributed by atoms with Crippen LogP contribution in [-0.2, 0) is 11.3 Å². The number of hydrogen-bond donors (Lipinski definition) is 1. The number of nitrogens with one attached hydrogen (secondary N) is 1. The number of carbonyl (C=O) groups excluding carboxylic acids is 1. The van der Waals surface area contributed by atoms with Crippen molar-refractivity contribution < 1.29 is 14.3 Å². The van der Waals surface area contributed by atoms with Crippen molar-refractivity contribution in [3.05, 3.63) is 64.6 Å². The third-order valence-corrected chi connectivity index (χ3v) is 4.01. The van der Waals surface area contributed by atoms with E-state index in [-0.39, 0.29) is 24.8 Å². The first-order chi connectivity index (χ1) is 13.1. The molecular weight excluding hydrogens is 348 g/mol. The summed E-state index contributed by atoms with van der Waals surface area (Å²) in [7, 11) is 0. The fourth-order valence-corrected chi connectivity index (χ4v) is 2.69. The van der Waals surface area contributed by atoms with Crippen LogP contribution in [0.1, 0.15) is 5.56 Å². The molecule has 8 heteroatoms. The number of fused-ring (bicyclic) bond motifs is 1. The molecule has 0 bridgehead atoms. The van der Waals surface area contributed by atoms with Gasteiger partial charge in [0.2, 0.25) is 12.7 Å². The maximum absolute atomic E-state index is 12.3. The SMILES string of the molecule is Cc1ccnc(NC(=O)Cn2nc(-c3ccc4c(c3)OCO4)ccc2=O)c1. The molecule has 3 aromatic rings. The van der Waals surface area contributed by atoms with E-state index < -0.39 is 0 Å². The van der Waals surface area contributed by atoms with E-state index in [9.17, 15) is 9.59 Å². The Labute approximate surface area is 154 Å². The molecule has 0 saturated heterocycles. The molecule has 27 heavy (non-hydrogen) atoms. The second kappa shape index (κ2) is 6.91. The first-order valence-corrected chi connectivity index (χ1v) is 8.29. The van der Waals surface area contributed by atoms with Gasteiger partial charge in [-0.15, -0.1) is 0 Å². The molecule has 0 radical (unpaired) electrons. The molecule has 4 rings (SSSR count). The predicted molar refractivity (Wildman–Crippen MR) is 97.7 cm³/mol. The summed E-state index contributed by atoms with van der Waals surface area (Å²) >= 11 is 0. The van der Waals surface area contributed by atoms with Crippen molar-refractivity contribution in [2.24, 2.45) is 0 Å². The fraction of sp³-hybridized carbons (Fsp3) is 0.158. The normalized spacial score (nSPS) is 12.0. The van der Waals surface area contributed by atoms with Crippen molar-refractivity contribution in [2.75, 3.05) is 12.1 Å². The van der Waals surface area contributed by atoms with Gasteiger partial charge in [-0.25, -0.2) is 9.67 Å². The van der Waals surface area contributed by atoms with E-state index in [0.29, 0.717) is 23.0 Å². The Balaban J connectivity index is 1.55. The van der Waals surface area contributed by atoms with E-state index in [2.05, 4.69) is 15.4 Å². The van der Waals surface area contributed by atoms with Crippen LogP contribution in [0.4, 0.5) is 5.82 Å². The molecule has 136 valence electrons. The second-order valence-corrected chi connectivity index (χ2v) is 6.05. The lowest BCUT2D eigenvalue weighted by Crippen LogP contribution is -2.29. The first kappa shape index (κ1) is 16.8. The van der Waals surface area contributed by atoms with Gasteiger partial charge in [0.1, 0.15) is 12.4 Å². The van der Waals surface area contributed by atoms with Gasteiger partial charge in [0, 0.05) is 17.8 Å². The van der Waals surface area contributed by atoms with E-state index in [0.717, 1.165) is 15.8 Å². The smallest absolute Gasteiger partial charge is 0.267 e. The van der Waals surface area contributed by atoms with Crippen molar-refractivity contribution >= 4 is 11.7 Å². The maximum atomic E-state index is 12.3. The fourth-order valence-electron chi connectivity index (χ4n) is 2.69. The summed E-state index contributed by atoms with van der Waals surface area (Å²) in [4.78, 5) is 28.4. The summed E-state index contributed by atoms with van der Waals surface area (Å²) in [5.74, 6) is 1.33. The molecule has 1 aliphatic heterocycles. The van der Waals surface area contributed by atoms with Crippen LogP contribution < -0.4 is 20.3 Å². The van der Waals surface area contributed by atoms with E-state index in [4.69, 9.17) is 9.47 Å². The summed E-state index contributed by atoms with van der Waals surface area (Å²) < 4.78 is 11.8. The number of pyridine rings is 1. The maximum Gasteiger partial charge on any atom is 0.267 e. The van der Waals surface area contributed by atoms with Gasteiger partial charge in [-0.1, -0.05) is 0 Å². The lowest BCUT2D eigenvalue weighted by molar-refractivity contribution is -0.117. The van der Waals surface area contributed by atoms with Crippen LogP contribution in [0.3, 0.4) is 0 Å². The van der Waals surface area contributed by atoms with Gasteiger partial charge in [-0.05, 0) is 48.9 Å². The van der Waals surface area contributed by atoms with Crippen LogP contribution in [0, 0.1) is 6.92 Å². The highest BCUT2D eigenvalue weighted by Crippen LogP contribution is 2.35. The van der Waals surface area contributed by atoms with Crippen LogP contribution >= 0.6 is 0 Å². The van der Waals surface area contributed by atoms with Crippen molar-refractivity contribution in [3.8, 4) is 22.8 Å². The monoisotopic (exact) mass is 364 g/mol. The Bertz CT molecular complexity index is 1080. The molecule has 1 aromatic carbocycles. The topological polar surface area (TPSA) is 95.3 Å². The lowest BCUT2D eigenvalue weighted by atomic mass is 10.1. The zero-order valence-corrected chi connectivity index (χ0v) is 14.5. The third kappa shape index (κ3) is 3.64. The van der Waals surface area contributed by atoms with E-state index >= 15 is 0 Å². The van der Waals surface area contributed by atoms with Crippen LogP contribution in [0.2, 0.25) is 0 Å². The van der Waals surface area contributed by atoms with Gasteiger partial charge in [-0.3, -0.25) is 9.59 Å². The minimum absolute atomic E-state index is 0.179. The number of amides is 1. The molecule has 0 unspecified atom stereocenters. The third-order valence-electron chi connectivity index (χ3n) is 4.01. The minimum atomic E-state index is -0.384. The summed E-state index contributed by atoms with van der Waals surface area (Å²) in [5.41, 5.74) is 1.91. The number of rotatable bonds is 4. The standard InChI is InChI=1S/C19H16N4O4/c1-12-6-7-20-17(8-12)21-18(24)10-23-19(25)5-3-14(22-23)13-2-4-15-16(9-13)27-11-26-15/h2-9H,10-11H2,1H3,(H,20,21,24). The lowest BCUT2D eigenvalue weighted by Gasteiger charge is -2.08. The Morgan fingerprint density at radius 2 is 2.00 bits per heavy atom. The molecule has 8 nitrogen and oxygen atoms in total. The number of carbonyl (C=O) groups is 1. The van der Waals surface area contributed by atoms with Crippen LogP contribution in [0.15, 0.2) is 53.5 Å². The Kier molecular flexibility index (Phi) is 4.29. The number of ether oxygens (including phenoxy) is 2. The summed E-state index contributed by atoms with van der Waals surface area (Å²) in [5, 5.41) is 6.96. The van der Waals surface area contributed by atoms with E-state index in [1.807, 2.05) is 19.1 Å². The van der Waals surface area contributed by atoms with Crippen molar-refractivity contribution in [1.82, 2.24) is 14.8 Å². The van der Waals surface area contributed by atoms with Crippen LogP contribution in [-0.4, -0.2) is 27.5 Å². The molecule has 1 N–H and O–H groups in total. The van der Waals surface area contributed by atoms with Gasteiger partial charge in [-0.2, -0.15) is 5.10 Å². The summed E-state index contributed by atoms with van der Waals surface area (Å²) in [6, 6.07) is 12.0. The van der Waals surface area contributed by atoms with Gasteiger partial charge in [0.05, 0.1) is 5.69 Å². The molecular formula is C19H16N4O4. The quantitative estimate of drug-likeness (QED) is 0.761. The highest BCUT2D eigenvalue weighted by Gasteiger charge is 2.15. The molecule has 2 aromatic heterocycles. The number of nitrogens with zero attached hydrogens (tertiary/aromatic N) is 3. The number of anilines is 1. The second-order valence-electron chi connectivity index (χ2n) is 6.05. The number of benzene rings is 1. The molecule has 0 saturated carbocycles. The molecule has 0 fully saturated rings. The number of aryl methyl sites for hydroxylation is 1. The zero-order chi connectivity index (χ0) is 18.8. The highest BCUT2D eigenvalue weighted by molar-refractivity contribution is 5.89. The van der Waals surface area contributed by atoms with Gasteiger partial charge in [0.15, 0.2) is 11.5 Å². The molecule has 1 amide bonds. The first-order valence-electron chi connectivity index (χ1n) is 8.29. The summed E-state index contributed by atoms with van der Waals surface area (Å²) in [6.45, 7) is 1.87. The van der Waals surface area contributed by atoms with E-state index in [1.165, 1.54) is 6.07 Å². The highest BCUT2D eigenvalue weighted by atomic mass is 16.7. The molecule has 3 heterocycles. The number of hydrogen-bond acceptors (Lipinski definition) is 6. The van der Waals surface area contributed by atoms with Gasteiger partial charge in [0.25, 0.3) is 5.56 Å². The number of aromatic nitrogens is 3. The van der Waals surface area contributed by atoms with Gasteiger partial charge >= 0.3 is 0 Å². The molecule has 0 aliphatic carbocycles. The van der Waals surface area contributed by atoms with Crippen LogP contribution in [0.5, 0.6) is 11.5 Å². The predicted octanol–water partition coefficient (Wildman–Crippen LogP) is 1.98. The Morgan fingerprint density at radius 1 is 1.15 bits per heavy atom. The molecule has 1 aliphatic rings. The van der Waals surface area contributed by atoms with Gasteiger partial charge < -0.3 is 14.8 Å². The molecule has 0 atom stereocenters. The van der Waals surface area contributed by atoms with Crippen molar-refractivity contribution in [3.63, 3.8) is 0 Å². The summed E-state index contributed by atoms with van der Waals surface area (Å²) in [6.07, 6.45) is 1.61. The largest absolute Gasteiger partial charge is 0.454 e.